The lowest BCUT2D eigenvalue weighted by Gasteiger charge is -2.19. The Balaban J connectivity index is 1.48. The van der Waals surface area contributed by atoms with E-state index in [0.717, 1.165) is 5.56 Å². The van der Waals surface area contributed by atoms with Gasteiger partial charge in [0.1, 0.15) is 12.4 Å². The zero-order chi connectivity index (χ0) is 22.0. The first-order valence-electron chi connectivity index (χ1n) is 10.2. The summed E-state index contributed by atoms with van der Waals surface area (Å²) in [6, 6.07) is 17.3. The molecule has 0 saturated carbocycles. The summed E-state index contributed by atoms with van der Waals surface area (Å²) < 4.78 is 3.28. The number of aromatic nitrogens is 4. The van der Waals surface area contributed by atoms with Crippen molar-refractivity contribution in [1.82, 2.24) is 19.6 Å². The predicted molar refractivity (Wildman–Crippen MR) is 121 cm³/mol. The largest absolute Gasteiger partial charge is 0.309 e. The van der Waals surface area contributed by atoms with Gasteiger partial charge in [0.2, 0.25) is 11.3 Å². The minimum atomic E-state index is -0.244. The van der Waals surface area contributed by atoms with Crippen LogP contribution in [0.3, 0.4) is 0 Å². The Morgan fingerprint density at radius 2 is 1.71 bits per heavy atom. The molecule has 0 aliphatic rings. The maximum Gasteiger partial charge on any atom is 0.247 e. The number of nitrogens with zero attached hydrogens (tertiary/aromatic N) is 4. The maximum atomic E-state index is 12.7. The Kier molecular flexibility index (Phi) is 5.42. The quantitative estimate of drug-likeness (QED) is 0.540. The lowest BCUT2D eigenvalue weighted by atomic mass is 9.87. The summed E-state index contributed by atoms with van der Waals surface area (Å²) in [5.74, 6) is 0.362. The van der Waals surface area contributed by atoms with E-state index >= 15 is 0 Å². The SMILES string of the molecule is CC(C)(C)c1ccc(Cn2nccc2NC(=O)Cn2ncc(=O)c3ccccc32)cc1. The number of rotatable bonds is 5. The van der Waals surface area contributed by atoms with Gasteiger partial charge < -0.3 is 5.32 Å². The molecule has 1 amide bonds. The van der Waals surface area contributed by atoms with E-state index in [-0.39, 0.29) is 23.3 Å². The number of fused-ring (bicyclic) bond motifs is 1. The zero-order valence-electron chi connectivity index (χ0n) is 17.9. The van der Waals surface area contributed by atoms with Gasteiger partial charge in [0.25, 0.3) is 0 Å². The van der Waals surface area contributed by atoms with E-state index in [0.29, 0.717) is 23.3 Å². The lowest BCUT2D eigenvalue weighted by Crippen LogP contribution is -2.24. The van der Waals surface area contributed by atoms with E-state index in [4.69, 9.17) is 0 Å². The van der Waals surface area contributed by atoms with E-state index in [1.54, 1.807) is 35.1 Å². The van der Waals surface area contributed by atoms with Crippen LogP contribution in [-0.2, 0) is 23.3 Å². The van der Waals surface area contributed by atoms with Crippen molar-refractivity contribution in [3.05, 3.63) is 88.3 Å². The molecule has 2 aromatic carbocycles. The summed E-state index contributed by atoms with van der Waals surface area (Å²) in [6.45, 7) is 7.09. The average molecular weight is 415 g/mol. The summed E-state index contributed by atoms with van der Waals surface area (Å²) in [5.41, 5.74) is 2.93. The van der Waals surface area contributed by atoms with Gasteiger partial charge in [-0.3, -0.25) is 14.3 Å². The molecule has 4 rings (SSSR count). The number of amides is 1. The number of carbonyl (C=O) groups excluding carboxylic acids is 1. The van der Waals surface area contributed by atoms with Crippen molar-refractivity contribution in [2.24, 2.45) is 0 Å². The van der Waals surface area contributed by atoms with Crippen LogP contribution in [0.25, 0.3) is 10.9 Å². The first-order valence-corrected chi connectivity index (χ1v) is 10.2. The van der Waals surface area contributed by atoms with Crippen LogP contribution in [0, 0.1) is 0 Å². The van der Waals surface area contributed by atoms with Crippen LogP contribution in [0.2, 0.25) is 0 Å². The molecule has 0 atom stereocenters. The normalized spacial score (nSPS) is 11.6. The van der Waals surface area contributed by atoms with Gasteiger partial charge in [-0.25, -0.2) is 4.68 Å². The fraction of sp³-hybridized carbons (Fsp3) is 0.250. The molecular weight excluding hydrogens is 390 g/mol. The summed E-state index contributed by atoms with van der Waals surface area (Å²) in [7, 11) is 0. The molecule has 0 saturated heterocycles. The monoisotopic (exact) mass is 415 g/mol. The van der Waals surface area contributed by atoms with Crippen LogP contribution in [0.1, 0.15) is 31.9 Å². The molecule has 0 fully saturated rings. The van der Waals surface area contributed by atoms with Gasteiger partial charge in [0, 0.05) is 11.5 Å². The van der Waals surface area contributed by atoms with Gasteiger partial charge in [-0.15, -0.1) is 0 Å². The molecular formula is C24H25N5O2. The highest BCUT2D eigenvalue weighted by Crippen LogP contribution is 2.22. The number of carbonyl (C=O) groups is 1. The highest BCUT2D eigenvalue weighted by molar-refractivity contribution is 5.90. The van der Waals surface area contributed by atoms with E-state index in [1.165, 1.54) is 16.4 Å². The van der Waals surface area contributed by atoms with Crippen LogP contribution >= 0.6 is 0 Å². The van der Waals surface area contributed by atoms with Crippen molar-refractivity contribution in [3.63, 3.8) is 0 Å². The number of hydrogen-bond donors (Lipinski definition) is 1. The fourth-order valence-electron chi connectivity index (χ4n) is 3.45. The lowest BCUT2D eigenvalue weighted by molar-refractivity contribution is -0.116. The number of nitrogens with one attached hydrogen (secondary N) is 1. The van der Waals surface area contributed by atoms with Gasteiger partial charge in [0.15, 0.2) is 0 Å². The van der Waals surface area contributed by atoms with Gasteiger partial charge in [-0.05, 0) is 28.7 Å². The molecule has 0 spiro atoms. The average Bonchev–Trinajstić information content (AvgIpc) is 3.16. The second-order valence-electron chi connectivity index (χ2n) is 8.55. The number of hydrogen-bond acceptors (Lipinski definition) is 4. The van der Waals surface area contributed by atoms with Crippen LogP contribution in [0.15, 0.2) is 71.8 Å². The highest BCUT2D eigenvalue weighted by atomic mass is 16.2. The molecule has 0 aliphatic heterocycles. The van der Waals surface area contributed by atoms with Gasteiger partial charge in [-0.2, -0.15) is 10.2 Å². The second-order valence-corrected chi connectivity index (χ2v) is 8.55. The Labute approximate surface area is 180 Å². The van der Waals surface area contributed by atoms with Crippen molar-refractivity contribution in [2.45, 2.75) is 39.3 Å². The topological polar surface area (TPSA) is 81.8 Å². The molecule has 1 N–H and O–H groups in total. The third-order valence-corrected chi connectivity index (χ3v) is 5.19. The molecule has 7 nitrogen and oxygen atoms in total. The second kappa shape index (κ2) is 8.18. The van der Waals surface area contributed by atoms with Crippen molar-refractivity contribution in [1.29, 1.82) is 0 Å². The summed E-state index contributed by atoms with van der Waals surface area (Å²) >= 11 is 0. The molecule has 2 aromatic heterocycles. The van der Waals surface area contributed by atoms with Crippen LogP contribution in [0.4, 0.5) is 5.82 Å². The molecule has 31 heavy (non-hydrogen) atoms. The Morgan fingerprint density at radius 1 is 0.968 bits per heavy atom. The molecule has 0 unspecified atom stereocenters. The van der Waals surface area contributed by atoms with E-state index in [2.05, 4.69) is 60.6 Å². The third-order valence-electron chi connectivity index (χ3n) is 5.19. The van der Waals surface area contributed by atoms with Crippen molar-refractivity contribution < 1.29 is 4.79 Å². The highest BCUT2D eigenvalue weighted by Gasteiger charge is 2.14. The van der Waals surface area contributed by atoms with E-state index in [9.17, 15) is 9.59 Å². The van der Waals surface area contributed by atoms with Crippen LogP contribution < -0.4 is 10.7 Å². The Bertz CT molecular complexity index is 1280. The predicted octanol–water partition coefficient (Wildman–Crippen LogP) is 3.58. The molecule has 0 bridgehead atoms. The van der Waals surface area contributed by atoms with Crippen LogP contribution in [-0.4, -0.2) is 25.5 Å². The third kappa shape index (κ3) is 4.55. The maximum absolute atomic E-state index is 12.7. The first kappa shape index (κ1) is 20.5. The van der Waals surface area contributed by atoms with Gasteiger partial charge >= 0.3 is 0 Å². The van der Waals surface area contributed by atoms with E-state index in [1.807, 2.05) is 6.07 Å². The number of benzene rings is 2. The van der Waals surface area contributed by atoms with E-state index < -0.39 is 0 Å². The van der Waals surface area contributed by atoms with Crippen molar-refractivity contribution >= 4 is 22.6 Å². The Hall–Kier alpha value is -3.74. The summed E-state index contributed by atoms with van der Waals surface area (Å²) in [5, 5.41) is 11.9. The molecule has 0 radical (unpaired) electrons. The van der Waals surface area contributed by atoms with Crippen LogP contribution in [0.5, 0.6) is 0 Å². The zero-order valence-corrected chi connectivity index (χ0v) is 17.9. The minimum Gasteiger partial charge on any atom is -0.309 e. The molecule has 2 heterocycles. The van der Waals surface area contributed by atoms with Crippen molar-refractivity contribution in [2.75, 3.05) is 5.32 Å². The molecule has 158 valence electrons. The molecule has 4 aromatic rings. The number of para-hydroxylation sites is 1. The molecule has 0 aliphatic carbocycles. The smallest absolute Gasteiger partial charge is 0.247 e. The fourth-order valence-corrected chi connectivity index (χ4v) is 3.45. The summed E-state index contributed by atoms with van der Waals surface area (Å²) in [4.78, 5) is 24.7. The van der Waals surface area contributed by atoms with Gasteiger partial charge in [-0.1, -0.05) is 57.2 Å². The first-order chi connectivity index (χ1) is 14.8. The number of anilines is 1. The molecule has 7 heteroatoms. The van der Waals surface area contributed by atoms with Crippen molar-refractivity contribution in [3.8, 4) is 0 Å². The van der Waals surface area contributed by atoms with Gasteiger partial charge in [0.05, 0.1) is 24.5 Å². The Morgan fingerprint density at radius 3 is 2.45 bits per heavy atom. The summed E-state index contributed by atoms with van der Waals surface area (Å²) in [6.07, 6.45) is 2.90. The standard InChI is InChI=1S/C24H25N5O2/c1-24(2,3)18-10-8-17(9-11-18)15-29-22(12-13-25-29)27-23(31)16-28-20-7-5-4-6-19(20)21(30)14-26-28/h4-14H,15-16H2,1-3H3,(H,27,31). The minimum absolute atomic E-state index is 0.00769.